The number of nitrogens with two attached hydrogens (primary N) is 1. The van der Waals surface area contributed by atoms with Gasteiger partial charge in [-0.3, -0.25) is 9.36 Å². The molecule has 9 heteroatoms. The average Bonchev–Trinajstić information content (AvgIpc) is 3.30. The van der Waals surface area contributed by atoms with Gasteiger partial charge in [-0.05, 0) is 24.3 Å². The zero-order chi connectivity index (χ0) is 19.3. The van der Waals surface area contributed by atoms with E-state index in [1.165, 1.54) is 16.5 Å². The van der Waals surface area contributed by atoms with Crippen molar-refractivity contribution in [3.63, 3.8) is 0 Å². The number of carbonyl (C=O) groups is 1. The molecular formula is C19H17N5OS3. The van der Waals surface area contributed by atoms with E-state index in [1.807, 2.05) is 53.1 Å². The highest BCUT2D eigenvalue weighted by Gasteiger charge is 2.16. The molecule has 0 saturated heterocycles. The third kappa shape index (κ3) is 4.37. The molecule has 0 atom stereocenters. The van der Waals surface area contributed by atoms with Crippen molar-refractivity contribution in [2.75, 3.05) is 5.75 Å². The lowest BCUT2D eigenvalue weighted by molar-refractivity contribution is -0.117. The molecule has 142 valence electrons. The first kappa shape index (κ1) is 19.0. The van der Waals surface area contributed by atoms with Gasteiger partial charge in [-0.1, -0.05) is 53.9 Å². The Bertz CT molecular complexity index is 1060. The van der Waals surface area contributed by atoms with Crippen LogP contribution in [0.2, 0.25) is 0 Å². The number of fused-ring (bicyclic) bond motifs is 1. The van der Waals surface area contributed by atoms with Crippen LogP contribution in [-0.2, 0) is 10.5 Å². The lowest BCUT2D eigenvalue weighted by atomic mass is 10.3. The Morgan fingerprint density at radius 2 is 1.82 bits per heavy atom. The van der Waals surface area contributed by atoms with Crippen molar-refractivity contribution in [3.8, 4) is 5.69 Å². The van der Waals surface area contributed by atoms with Crippen LogP contribution in [0, 0.1) is 0 Å². The van der Waals surface area contributed by atoms with Gasteiger partial charge in [0.1, 0.15) is 5.82 Å². The maximum atomic E-state index is 11.0. The Hall–Kier alpha value is -2.36. The van der Waals surface area contributed by atoms with Crippen LogP contribution in [0.1, 0.15) is 12.2 Å². The minimum Gasteiger partial charge on any atom is -0.370 e. The lowest BCUT2D eigenvalue weighted by Crippen LogP contribution is -2.11. The van der Waals surface area contributed by atoms with E-state index in [2.05, 4.69) is 21.2 Å². The minimum absolute atomic E-state index is 0.308. The zero-order valence-corrected chi connectivity index (χ0v) is 17.3. The normalized spacial score (nSPS) is 11.1. The van der Waals surface area contributed by atoms with E-state index in [1.54, 1.807) is 23.1 Å². The number of thiazole rings is 1. The van der Waals surface area contributed by atoms with E-state index in [9.17, 15) is 4.79 Å². The second-order valence-corrected chi connectivity index (χ2v) is 9.19. The van der Waals surface area contributed by atoms with Crippen LogP contribution in [0.15, 0.2) is 64.1 Å². The van der Waals surface area contributed by atoms with Gasteiger partial charge in [-0.25, -0.2) is 4.98 Å². The fourth-order valence-electron chi connectivity index (χ4n) is 2.61. The fraction of sp³-hybridized carbons (Fsp3) is 0.158. The minimum atomic E-state index is -0.315. The summed E-state index contributed by atoms with van der Waals surface area (Å²) in [6.07, 6.45) is 0.308. The van der Waals surface area contributed by atoms with Crippen molar-refractivity contribution in [1.82, 2.24) is 19.7 Å². The van der Waals surface area contributed by atoms with Crippen LogP contribution >= 0.6 is 34.9 Å². The molecule has 2 N–H and O–H groups in total. The highest BCUT2D eigenvalue weighted by Crippen LogP contribution is 2.32. The zero-order valence-electron chi connectivity index (χ0n) is 14.8. The summed E-state index contributed by atoms with van der Waals surface area (Å²) in [6, 6.07) is 18.1. The van der Waals surface area contributed by atoms with Gasteiger partial charge in [-0.15, -0.1) is 21.5 Å². The number of para-hydroxylation sites is 2. The molecule has 0 bridgehead atoms. The van der Waals surface area contributed by atoms with Crippen molar-refractivity contribution in [2.45, 2.75) is 21.7 Å². The second kappa shape index (κ2) is 8.76. The molecule has 6 nitrogen and oxygen atoms in total. The van der Waals surface area contributed by atoms with Gasteiger partial charge in [-0.2, -0.15) is 0 Å². The SMILES string of the molecule is NC(=O)CCSc1nnc(CSc2nc3ccccc3s2)n1-c1ccccc1. The average molecular weight is 428 g/mol. The van der Waals surface area contributed by atoms with E-state index in [-0.39, 0.29) is 5.91 Å². The van der Waals surface area contributed by atoms with E-state index >= 15 is 0 Å². The number of hydrogen-bond acceptors (Lipinski definition) is 7. The molecule has 1 amide bonds. The van der Waals surface area contributed by atoms with E-state index in [0.29, 0.717) is 17.9 Å². The van der Waals surface area contributed by atoms with Gasteiger partial charge in [0.15, 0.2) is 9.50 Å². The molecule has 0 aliphatic rings. The summed E-state index contributed by atoms with van der Waals surface area (Å²) in [4.78, 5) is 15.7. The summed E-state index contributed by atoms with van der Waals surface area (Å²) in [7, 11) is 0. The number of nitrogens with zero attached hydrogens (tertiary/aromatic N) is 4. The quantitative estimate of drug-likeness (QED) is 0.425. The summed E-state index contributed by atoms with van der Waals surface area (Å²) in [5.74, 6) is 1.76. The van der Waals surface area contributed by atoms with E-state index < -0.39 is 0 Å². The van der Waals surface area contributed by atoms with Crippen LogP contribution in [-0.4, -0.2) is 31.4 Å². The molecule has 0 aliphatic carbocycles. The summed E-state index contributed by atoms with van der Waals surface area (Å²) >= 11 is 4.81. The van der Waals surface area contributed by atoms with Gasteiger partial charge < -0.3 is 5.73 Å². The molecule has 0 unspecified atom stereocenters. The van der Waals surface area contributed by atoms with Gasteiger partial charge in [0.2, 0.25) is 5.91 Å². The Morgan fingerprint density at radius 3 is 2.61 bits per heavy atom. The number of thioether (sulfide) groups is 2. The molecule has 0 aliphatic heterocycles. The first-order valence-corrected chi connectivity index (χ1v) is 11.4. The number of rotatable bonds is 8. The molecule has 0 radical (unpaired) electrons. The third-order valence-electron chi connectivity index (χ3n) is 3.89. The molecular weight excluding hydrogens is 410 g/mol. The van der Waals surface area contributed by atoms with Gasteiger partial charge in [0.05, 0.1) is 16.0 Å². The van der Waals surface area contributed by atoms with Crippen LogP contribution in [0.25, 0.3) is 15.9 Å². The van der Waals surface area contributed by atoms with Gasteiger partial charge in [0.25, 0.3) is 0 Å². The fourth-order valence-corrected chi connectivity index (χ4v) is 5.51. The Kier molecular flexibility index (Phi) is 5.94. The van der Waals surface area contributed by atoms with E-state index in [4.69, 9.17) is 5.73 Å². The van der Waals surface area contributed by atoms with Crippen molar-refractivity contribution in [3.05, 3.63) is 60.4 Å². The van der Waals surface area contributed by atoms with Crippen molar-refractivity contribution < 1.29 is 4.79 Å². The van der Waals surface area contributed by atoms with Crippen LogP contribution in [0.3, 0.4) is 0 Å². The molecule has 4 rings (SSSR count). The Balaban J connectivity index is 1.57. The monoisotopic (exact) mass is 427 g/mol. The van der Waals surface area contributed by atoms with E-state index in [0.717, 1.165) is 26.5 Å². The number of benzene rings is 2. The molecule has 2 aromatic heterocycles. The summed E-state index contributed by atoms with van der Waals surface area (Å²) in [5.41, 5.74) is 7.26. The first-order chi connectivity index (χ1) is 13.7. The third-order valence-corrected chi connectivity index (χ3v) is 7.00. The maximum absolute atomic E-state index is 11.0. The van der Waals surface area contributed by atoms with Crippen molar-refractivity contribution in [2.24, 2.45) is 5.73 Å². The highest BCUT2D eigenvalue weighted by molar-refractivity contribution is 8.00. The predicted molar refractivity (Wildman–Crippen MR) is 115 cm³/mol. The molecule has 28 heavy (non-hydrogen) atoms. The number of aromatic nitrogens is 4. The second-order valence-electron chi connectivity index (χ2n) is 5.87. The van der Waals surface area contributed by atoms with Gasteiger partial charge >= 0.3 is 0 Å². The Labute approximate surface area is 174 Å². The number of primary amides is 1. The summed E-state index contributed by atoms with van der Waals surface area (Å²) in [5, 5.41) is 9.49. The molecule has 0 saturated carbocycles. The predicted octanol–water partition coefficient (Wildman–Crippen LogP) is 4.14. The van der Waals surface area contributed by atoms with Crippen LogP contribution < -0.4 is 5.73 Å². The Morgan fingerprint density at radius 1 is 1.04 bits per heavy atom. The topological polar surface area (TPSA) is 86.7 Å². The lowest BCUT2D eigenvalue weighted by Gasteiger charge is -2.09. The standard InChI is InChI=1S/C19H17N5OS3/c20-16(25)10-11-26-18-23-22-17(24(18)13-6-2-1-3-7-13)12-27-19-21-14-8-4-5-9-15(14)28-19/h1-9H,10-12H2,(H2,20,25). The molecule has 2 aromatic carbocycles. The van der Waals surface area contributed by atoms with Crippen LogP contribution in [0.5, 0.6) is 0 Å². The molecule has 0 fully saturated rings. The molecule has 2 heterocycles. The number of amides is 1. The smallest absolute Gasteiger partial charge is 0.218 e. The number of hydrogen-bond donors (Lipinski definition) is 1. The molecule has 0 spiro atoms. The number of carbonyl (C=O) groups excluding carboxylic acids is 1. The van der Waals surface area contributed by atoms with Crippen molar-refractivity contribution >= 4 is 51.0 Å². The first-order valence-electron chi connectivity index (χ1n) is 8.60. The van der Waals surface area contributed by atoms with Gasteiger partial charge in [0, 0.05) is 17.9 Å². The van der Waals surface area contributed by atoms with Crippen LogP contribution in [0.4, 0.5) is 0 Å². The summed E-state index contributed by atoms with van der Waals surface area (Å²) < 4.78 is 4.22. The highest BCUT2D eigenvalue weighted by atomic mass is 32.2. The summed E-state index contributed by atoms with van der Waals surface area (Å²) in [6.45, 7) is 0. The van der Waals surface area contributed by atoms with Crippen molar-refractivity contribution in [1.29, 1.82) is 0 Å². The molecule has 4 aromatic rings. The largest absolute Gasteiger partial charge is 0.370 e. The maximum Gasteiger partial charge on any atom is 0.218 e.